The molecule has 8 nitrogen and oxygen atoms in total. The number of aromatic nitrogens is 5. The fourth-order valence-electron chi connectivity index (χ4n) is 2.85. The minimum Gasteiger partial charge on any atom is -0.374 e. The quantitative estimate of drug-likeness (QED) is 0.744. The van der Waals surface area contributed by atoms with E-state index in [1.165, 1.54) is 10.2 Å². The van der Waals surface area contributed by atoms with E-state index >= 15 is 0 Å². The Labute approximate surface area is 139 Å². The van der Waals surface area contributed by atoms with E-state index in [1.807, 2.05) is 18.2 Å². The highest BCUT2D eigenvalue weighted by molar-refractivity contribution is 5.42. The monoisotopic (exact) mass is 325 g/mol. The normalized spacial score (nSPS) is 18.8. The summed E-state index contributed by atoms with van der Waals surface area (Å²) in [5, 5.41) is 18.8. The zero-order valence-corrected chi connectivity index (χ0v) is 13.2. The van der Waals surface area contributed by atoms with Crippen molar-refractivity contribution in [1.29, 1.82) is 0 Å². The molecule has 0 amide bonds. The zero-order chi connectivity index (χ0) is 16.2. The van der Waals surface area contributed by atoms with Crippen LogP contribution in [0.4, 0.5) is 5.82 Å². The molecule has 1 aromatic carbocycles. The van der Waals surface area contributed by atoms with Gasteiger partial charge in [-0.2, -0.15) is 0 Å². The Morgan fingerprint density at radius 3 is 3.00 bits per heavy atom. The number of nitrogens with zero attached hydrogens (tertiary/aromatic N) is 6. The lowest BCUT2D eigenvalue weighted by Gasteiger charge is -2.33. The first kappa shape index (κ1) is 15.0. The predicted octanol–water partition coefficient (Wildman–Crippen LogP) is 0.832. The van der Waals surface area contributed by atoms with Gasteiger partial charge >= 0.3 is 0 Å². The van der Waals surface area contributed by atoms with E-state index in [4.69, 9.17) is 4.74 Å². The molecule has 1 N–H and O–H groups in total. The first-order chi connectivity index (χ1) is 11.9. The number of hydrogen-bond donors (Lipinski definition) is 1. The average molecular weight is 325 g/mol. The maximum atomic E-state index is 5.86. The Hall–Kier alpha value is -2.58. The van der Waals surface area contributed by atoms with Gasteiger partial charge in [-0.15, -0.1) is 14.8 Å². The van der Waals surface area contributed by atoms with Crippen LogP contribution in [-0.2, 0) is 11.3 Å². The van der Waals surface area contributed by atoms with Crippen LogP contribution in [-0.4, -0.2) is 62.5 Å². The zero-order valence-electron chi connectivity index (χ0n) is 13.2. The Kier molecular flexibility index (Phi) is 4.30. The molecule has 0 saturated carbocycles. The smallest absolute Gasteiger partial charge is 0.200 e. The average Bonchev–Trinajstić information content (AvgIpc) is 3.09. The summed E-state index contributed by atoms with van der Waals surface area (Å²) < 4.78 is 7.27. The number of tetrazole rings is 1. The Bertz CT molecular complexity index is 791. The van der Waals surface area contributed by atoms with E-state index in [0.29, 0.717) is 12.2 Å². The van der Waals surface area contributed by atoms with E-state index in [9.17, 15) is 0 Å². The molecule has 1 atom stereocenters. The standard InChI is InChI=1S/C16H19N7O/c1-2-4-13(5-3-1)11-22-8-9-24-14(12-22)10-17-15-6-7-16-18-20-21-23(16)19-15/h1-7,14H,8-12H2,(H,17,19). The van der Waals surface area contributed by atoms with Gasteiger partial charge in [-0.25, -0.2) is 0 Å². The predicted molar refractivity (Wildman–Crippen MR) is 88.5 cm³/mol. The fourth-order valence-corrected chi connectivity index (χ4v) is 2.85. The van der Waals surface area contributed by atoms with Gasteiger partial charge in [0.2, 0.25) is 0 Å². The Balaban J connectivity index is 1.32. The van der Waals surface area contributed by atoms with Crippen LogP contribution >= 0.6 is 0 Å². The second-order valence-corrected chi connectivity index (χ2v) is 5.84. The van der Waals surface area contributed by atoms with Gasteiger partial charge in [0.25, 0.3) is 0 Å². The van der Waals surface area contributed by atoms with Crippen molar-refractivity contribution in [3.8, 4) is 0 Å². The molecule has 0 radical (unpaired) electrons. The molecule has 1 aliphatic rings. The lowest BCUT2D eigenvalue weighted by molar-refractivity contribution is -0.0240. The van der Waals surface area contributed by atoms with Crippen molar-refractivity contribution in [3.63, 3.8) is 0 Å². The van der Waals surface area contributed by atoms with Crippen molar-refractivity contribution in [1.82, 2.24) is 30.2 Å². The molecule has 8 heteroatoms. The van der Waals surface area contributed by atoms with Crippen LogP contribution in [0.15, 0.2) is 42.5 Å². The van der Waals surface area contributed by atoms with Crippen LogP contribution in [0.1, 0.15) is 5.56 Å². The van der Waals surface area contributed by atoms with E-state index in [1.54, 1.807) is 0 Å². The molecule has 0 bridgehead atoms. The summed E-state index contributed by atoms with van der Waals surface area (Å²) in [5.41, 5.74) is 1.96. The third kappa shape index (κ3) is 3.50. The van der Waals surface area contributed by atoms with Gasteiger partial charge < -0.3 is 10.1 Å². The Morgan fingerprint density at radius 1 is 1.17 bits per heavy atom. The van der Waals surface area contributed by atoms with Crippen molar-refractivity contribution >= 4 is 11.5 Å². The number of nitrogens with one attached hydrogen (secondary N) is 1. The highest BCUT2D eigenvalue weighted by Crippen LogP contribution is 2.11. The van der Waals surface area contributed by atoms with Crippen LogP contribution in [0.2, 0.25) is 0 Å². The molecule has 24 heavy (non-hydrogen) atoms. The van der Waals surface area contributed by atoms with E-state index in [-0.39, 0.29) is 6.10 Å². The summed E-state index contributed by atoms with van der Waals surface area (Å²) in [6.07, 6.45) is 0.133. The second-order valence-electron chi connectivity index (χ2n) is 5.84. The van der Waals surface area contributed by atoms with Crippen LogP contribution in [0.5, 0.6) is 0 Å². The molecule has 2 aromatic heterocycles. The van der Waals surface area contributed by atoms with E-state index in [2.05, 4.69) is 55.1 Å². The fraction of sp³-hybridized carbons (Fsp3) is 0.375. The van der Waals surface area contributed by atoms with Gasteiger partial charge in [0, 0.05) is 26.2 Å². The minimum absolute atomic E-state index is 0.133. The molecular formula is C16H19N7O. The lowest BCUT2D eigenvalue weighted by Crippen LogP contribution is -2.44. The maximum Gasteiger partial charge on any atom is 0.200 e. The third-order valence-electron chi connectivity index (χ3n) is 4.05. The number of hydrogen-bond acceptors (Lipinski definition) is 7. The molecule has 1 fully saturated rings. The second kappa shape index (κ2) is 6.90. The molecule has 3 aromatic rings. The van der Waals surface area contributed by atoms with Gasteiger partial charge in [0.05, 0.1) is 12.7 Å². The van der Waals surface area contributed by atoms with Crippen molar-refractivity contribution in [2.75, 3.05) is 31.6 Å². The number of rotatable bonds is 5. The van der Waals surface area contributed by atoms with Gasteiger partial charge in [-0.3, -0.25) is 4.90 Å². The van der Waals surface area contributed by atoms with Crippen molar-refractivity contribution in [2.24, 2.45) is 0 Å². The summed E-state index contributed by atoms with van der Waals surface area (Å²) in [4.78, 5) is 2.42. The van der Waals surface area contributed by atoms with E-state index in [0.717, 1.165) is 32.1 Å². The lowest BCUT2D eigenvalue weighted by atomic mass is 10.2. The van der Waals surface area contributed by atoms with Gasteiger partial charge in [-0.05, 0) is 28.1 Å². The number of fused-ring (bicyclic) bond motifs is 1. The summed E-state index contributed by atoms with van der Waals surface area (Å²) in [5.74, 6) is 0.735. The van der Waals surface area contributed by atoms with Gasteiger partial charge in [0.15, 0.2) is 5.65 Å². The first-order valence-electron chi connectivity index (χ1n) is 8.04. The summed E-state index contributed by atoms with van der Waals surface area (Å²) in [6.45, 7) is 4.26. The number of ether oxygens (including phenoxy) is 1. The van der Waals surface area contributed by atoms with Gasteiger partial charge in [-0.1, -0.05) is 30.3 Å². The Morgan fingerprint density at radius 2 is 2.08 bits per heavy atom. The molecule has 0 spiro atoms. The highest BCUT2D eigenvalue weighted by atomic mass is 16.5. The topological polar surface area (TPSA) is 80.5 Å². The summed E-state index contributed by atoms with van der Waals surface area (Å²) in [7, 11) is 0. The molecule has 4 rings (SSSR count). The maximum absolute atomic E-state index is 5.86. The molecule has 3 heterocycles. The first-order valence-corrected chi connectivity index (χ1v) is 8.04. The minimum atomic E-state index is 0.133. The van der Waals surface area contributed by atoms with Crippen LogP contribution < -0.4 is 5.32 Å². The highest BCUT2D eigenvalue weighted by Gasteiger charge is 2.20. The SMILES string of the molecule is c1ccc(CN2CCOC(CNc3ccc4nnnn4n3)C2)cc1. The molecule has 124 valence electrons. The van der Waals surface area contributed by atoms with Crippen molar-refractivity contribution in [3.05, 3.63) is 48.0 Å². The van der Waals surface area contributed by atoms with Crippen molar-refractivity contribution < 1.29 is 4.74 Å². The van der Waals surface area contributed by atoms with Crippen molar-refractivity contribution in [2.45, 2.75) is 12.6 Å². The summed E-state index contributed by atoms with van der Waals surface area (Å²) in [6, 6.07) is 14.2. The number of morpholine rings is 1. The molecule has 0 aliphatic carbocycles. The molecule has 1 aliphatic heterocycles. The van der Waals surface area contributed by atoms with Gasteiger partial charge in [0.1, 0.15) is 5.82 Å². The summed E-state index contributed by atoms with van der Waals surface area (Å²) >= 11 is 0. The van der Waals surface area contributed by atoms with E-state index < -0.39 is 0 Å². The molecule has 1 unspecified atom stereocenters. The third-order valence-corrected chi connectivity index (χ3v) is 4.05. The molecular weight excluding hydrogens is 306 g/mol. The van der Waals surface area contributed by atoms with Crippen LogP contribution in [0, 0.1) is 0 Å². The number of anilines is 1. The van der Waals surface area contributed by atoms with Crippen LogP contribution in [0.3, 0.4) is 0 Å². The number of benzene rings is 1. The largest absolute Gasteiger partial charge is 0.374 e. The molecule has 1 saturated heterocycles. The van der Waals surface area contributed by atoms with Crippen LogP contribution in [0.25, 0.3) is 5.65 Å².